The Morgan fingerprint density at radius 1 is 1.38 bits per heavy atom. The first-order chi connectivity index (χ1) is 12.6. The average molecular weight is 351 g/mol. The number of aromatic nitrogens is 3. The van der Waals surface area contributed by atoms with Gasteiger partial charge in [0, 0.05) is 29.0 Å². The molecule has 1 saturated carbocycles. The molecule has 7 heteroatoms. The van der Waals surface area contributed by atoms with Crippen LogP contribution >= 0.6 is 0 Å². The molecule has 0 aliphatic heterocycles. The molecule has 0 unspecified atom stereocenters. The molecule has 1 aliphatic rings. The van der Waals surface area contributed by atoms with Gasteiger partial charge in [0.05, 0.1) is 11.6 Å². The van der Waals surface area contributed by atoms with Gasteiger partial charge in [0.15, 0.2) is 0 Å². The summed E-state index contributed by atoms with van der Waals surface area (Å²) in [6.45, 7) is 2.03. The Balaban J connectivity index is 1.73. The molecule has 0 bridgehead atoms. The van der Waals surface area contributed by atoms with Gasteiger partial charge in [-0.3, -0.25) is 9.78 Å². The summed E-state index contributed by atoms with van der Waals surface area (Å²) >= 11 is 0. The second-order valence-corrected chi connectivity index (χ2v) is 6.38. The molecule has 2 atom stereocenters. The Morgan fingerprint density at radius 3 is 2.92 bits per heavy atom. The summed E-state index contributed by atoms with van der Waals surface area (Å²) < 4.78 is 13.0. The number of alkyl halides is 1. The van der Waals surface area contributed by atoms with Gasteiger partial charge < -0.3 is 11.1 Å². The number of rotatable bonds is 4. The van der Waals surface area contributed by atoms with Crippen molar-refractivity contribution in [3.05, 3.63) is 42.4 Å². The van der Waals surface area contributed by atoms with Gasteiger partial charge in [0.25, 0.3) is 0 Å². The van der Waals surface area contributed by atoms with Crippen molar-refractivity contribution in [2.45, 2.75) is 25.9 Å². The normalized spacial score (nSPS) is 18.7. The topological polar surface area (TPSA) is 93.8 Å². The number of nitrogen functional groups attached to an aromatic ring is 1. The molecule has 0 radical (unpaired) electrons. The summed E-state index contributed by atoms with van der Waals surface area (Å²) in [5.41, 5.74) is 8.68. The molecule has 0 spiro atoms. The van der Waals surface area contributed by atoms with Crippen LogP contribution in [0.3, 0.4) is 0 Å². The standard InChI is InChI=1S/C19H18FN5O/c1-2-15-11(4-3-5-22-15)16-6-10-7-17(23-9-13(10)18(21)24-16)25-19(26)12-8-14(12)20/h3-7,9,12,14H,2,8H2,1H3,(H2,21,24)(H,23,25,26)/t12-,14+/m1/s1. The number of aryl methyl sites for hydroxylation is 1. The van der Waals surface area contributed by atoms with Crippen molar-refractivity contribution in [3.8, 4) is 11.3 Å². The van der Waals surface area contributed by atoms with E-state index in [1.54, 1.807) is 18.5 Å². The highest BCUT2D eigenvalue weighted by atomic mass is 19.1. The molecule has 3 aromatic rings. The SMILES string of the molecule is CCc1ncccc1-c1cc2cc(NC(=O)[C@@H]3C[C@@H]3F)ncc2c(N)n1. The second-order valence-electron chi connectivity index (χ2n) is 6.38. The van der Waals surface area contributed by atoms with Crippen LogP contribution in [0, 0.1) is 5.92 Å². The smallest absolute Gasteiger partial charge is 0.231 e. The van der Waals surface area contributed by atoms with E-state index < -0.39 is 12.1 Å². The van der Waals surface area contributed by atoms with Gasteiger partial charge in [-0.1, -0.05) is 6.92 Å². The first kappa shape index (κ1) is 16.4. The number of anilines is 2. The predicted octanol–water partition coefficient (Wildman–Crippen LogP) is 3.13. The maximum absolute atomic E-state index is 13.0. The number of carbonyl (C=O) groups excluding carboxylic acids is 1. The molecular formula is C19H18FN5O. The third-order valence-electron chi connectivity index (χ3n) is 4.55. The van der Waals surface area contributed by atoms with Crippen LogP contribution in [-0.2, 0) is 11.2 Å². The second kappa shape index (κ2) is 6.33. The quantitative estimate of drug-likeness (QED) is 0.753. The maximum Gasteiger partial charge on any atom is 0.231 e. The van der Waals surface area contributed by atoms with Crippen LogP contribution in [0.2, 0.25) is 0 Å². The average Bonchev–Trinajstić information content (AvgIpc) is 3.38. The zero-order valence-corrected chi connectivity index (χ0v) is 14.2. The lowest BCUT2D eigenvalue weighted by Crippen LogP contribution is -2.15. The zero-order chi connectivity index (χ0) is 18.3. The fourth-order valence-electron chi connectivity index (χ4n) is 2.99. The Bertz CT molecular complexity index is 1010. The van der Waals surface area contributed by atoms with E-state index in [4.69, 9.17) is 5.73 Å². The van der Waals surface area contributed by atoms with Crippen LogP contribution in [0.15, 0.2) is 36.7 Å². The minimum atomic E-state index is -1.04. The molecule has 1 fully saturated rings. The fraction of sp³-hybridized carbons (Fsp3) is 0.263. The number of hydrogen-bond donors (Lipinski definition) is 2. The van der Waals surface area contributed by atoms with Crippen molar-refractivity contribution in [2.24, 2.45) is 5.92 Å². The molecule has 3 heterocycles. The highest BCUT2D eigenvalue weighted by Gasteiger charge is 2.43. The van der Waals surface area contributed by atoms with E-state index in [0.29, 0.717) is 17.0 Å². The summed E-state index contributed by atoms with van der Waals surface area (Å²) in [6.07, 6.45) is 3.33. The molecule has 1 aliphatic carbocycles. The lowest BCUT2D eigenvalue weighted by Gasteiger charge is -2.10. The van der Waals surface area contributed by atoms with Crippen LogP contribution in [-0.4, -0.2) is 27.0 Å². The monoisotopic (exact) mass is 351 g/mol. The third-order valence-corrected chi connectivity index (χ3v) is 4.55. The lowest BCUT2D eigenvalue weighted by atomic mass is 10.1. The van der Waals surface area contributed by atoms with Crippen molar-refractivity contribution in [3.63, 3.8) is 0 Å². The molecule has 3 aromatic heterocycles. The summed E-state index contributed by atoms with van der Waals surface area (Å²) in [7, 11) is 0. The first-order valence-corrected chi connectivity index (χ1v) is 8.52. The highest BCUT2D eigenvalue weighted by Crippen LogP contribution is 2.35. The Labute approximate surface area is 149 Å². The number of halogens is 1. The van der Waals surface area contributed by atoms with Gasteiger partial charge in [-0.05, 0) is 42.5 Å². The first-order valence-electron chi connectivity index (χ1n) is 8.52. The number of pyridine rings is 3. The van der Waals surface area contributed by atoms with Crippen LogP contribution < -0.4 is 11.1 Å². The number of nitrogens with one attached hydrogen (secondary N) is 1. The maximum atomic E-state index is 13.0. The Kier molecular flexibility index (Phi) is 3.99. The minimum absolute atomic E-state index is 0.279. The molecule has 6 nitrogen and oxygen atoms in total. The molecule has 0 saturated heterocycles. The number of hydrogen-bond acceptors (Lipinski definition) is 5. The number of nitrogens with zero attached hydrogens (tertiary/aromatic N) is 3. The van der Waals surface area contributed by atoms with E-state index in [9.17, 15) is 9.18 Å². The van der Waals surface area contributed by atoms with Gasteiger partial charge in [0.2, 0.25) is 5.91 Å². The van der Waals surface area contributed by atoms with Crippen molar-refractivity contribution in [2.75, 3.05) is 11.1 Å². The highest BCUT2D eigenvalue weighted by molar-refractivity contribution is 5.98. The summed E-state index contributed by atoms with van der Waals surface area (Å²) in [5.74, 6) is -0.167. The molecule has 1 amide bonds. The third kappa shape index (κ3) is 2.96. The van der Waals surface area contributed by atoms with E-state index in [1.165, 1.54) is 0 Å². The van der Waals surface area contributed by atoms with Crippen molar-refractivity contribution in [1.29, 1.82) is 0 Å². The number of carbonyl (C=O) groups is 1. The number of amides is 1. The molecule has 0 aromatic carbocycles. The van der Waals surface area contributed by atoms with Crippen LogP contribution in [0.5, 0.6) is 0 Å². The van der Waals surface area contributed by atoms with Crippen molar-refractivity contribution in [1.82, 2.24) is 15.0 Å². The fourth-order valence-corrected chi connectivity index (χ4v) is 2.99. The molecule has 3 N–H and O–H groups in total. The molecular weight excluding hydrogens is 333 g/mol. The van der Waals surface area contributed by atoms with E-state index in [1.807, 2.05) is 25.1 Å². The molecule has 132 valence electrons. The minimum Gasteiger partial charge on any atom is -0.383 e. The summed E-state index contributed by atoms with van der Waals surface area (Å²) in [4.78, 5) is 25.0. The van der Waals surface area contributed by atoms with E-state index in [0.717, 1.165) is 28.8 Å². The predicted molar refractivity (Wildman–Crippen MR) is 98.2 cm³/mol. The number of nitrogens with two attached hydrogens (primary N) is 1. The number of fused-ring (bicyclic) bond motifs is 1. The van der Waals surface area contributed by atoms with Crippen molar-refractivity contribution >= 4 is 28.3 Å². The van der Waals surface area contributed by atoms with Crippen LogP contribution in [0.1, 0.15) is 19.0 Å². The van der Waals surface area contributed by atoms with E-state index >= 15 is 0 Å². The summed E-state index contributed by atoms with van der Waals surface area (Å²) in [6, 6.07) is 7.44. The van der Waals surface area contributed by atoms with Crippen molar-refractivity contribution < 1.29 is 9.18 Å². The van der Waals surface area contributed by atoms with E-state index in [2.05, 4.69) is 20.3 Å². The molecule has 4 rings (SSSR count). The Morgan fingerprint density at radius 2 is 2.19 bits per heavy atom. The van der Waals surface area contributed by atoms with Crippen LogP contribution in [0.4, 0.5) is 16.0 Å². The van der Waals surface area contributed by atoms with E-state index in [-0.39, 0.29) is 12.3 Å². The molecule has 26 heavy (non-hydrogen) atoms. The van der Waals surface area contributed by atoms with Gasteiger partial charge in [-0.15, -0.1) is 0 Å². The zero-order valence-electron chi connectivity index (χ0n) is 14.2. The van der Waals surface area contributed by atoms with Gasteiger partial charge in [-0.25, -0.2) is 14.4 Å². The Hall–Kier alpha value is -3.09. The van der Waals surface area contributed by atoms with Crippen LogP contribution in [0.25, 0.3) is 22.0 Å². The summed E-state index contributed by atoms with van der Waals surface area (Å²) in [5, 5.41) is 4.16. The lowest BCUT2D eigenvalue weighted by molar-refractivity contribution is -0.117. The van der Waals surface area contributed by atoms with Gasteiger partial charge >= 0.3 is 0 Å². The largest absolute Gasteiger partial charge is 0.383 e. The van der Waals surface area contributed by atoms with Gasteiger partial charge in [0.1, 0.15) is 17.8 Å². The van der Waals surface area contributed by atoms with Gasteiger partial charge in [-0.2, -0.15) is 0 Å².